The Morgan fingerprint density at radius 1 is 1.03 bits per heavy atom. The molecule has 7 nitrogen and oxygen atoms in total. The maximum Gasteiger partial charge on any atom is 0.387 e. The lowest BCUT2D eigenvalue weighted by molar-refractivity contribution is -0.120. The van der Waals surface area contributed by atoms with Gasteiger partial charge in [-0.3, -0.25) is 9.79 Å². The molecule has 0 aliphatic rings. The second kappa shape index (κ2) is 12.3. The van der Waals surface area contributed by atoms with Crippen LogP contribution in [-0.2, 0) is 17.9 Å². The van der Waals surface area contributed by atoms with Gasteiger partial charge in [0.15, 0.2) is 17.5 Å². The summed E-state index contributed by atoms with van der Waals surface area (Å²) in [5, 5.41) is 8.66. The fraction of sp³-hybridized carbons (Fsp3) is 0.333. The number of guanidine groups is 1. The van der Waals surface area contributed by atoms with Crippen LogP contribution in [0.25, 0.3) is 0 Å². The maximum atomic E-state index is 12.8. The van der Waals surface area contributed by atoms with Crippen LogP contribution in [0.1, 0.15) is 18.1 Å². The van der Waals surface area contributed by atoms with Crippen LogP contribution < -0.4 is 25.4 Å². The van der Waals surface area contributed by atoms with Gasteiger partial charge < -0.3 is 25.4 Å². The van der Waals surface area contributed by atoms with Crippen LogP contribution in [0.4, 0.5) is 8.78 Å². The van der Waals surface area contributed by atoms with Crippen LogP contribution in [0.2, 0.25) is 0 Å². The fourth-order valence-corrected chi connectivity index (χ4v) is 2.62. The van der Waals surface area contributed by atoms with Crippen molar-refractivity contribution in [2.75, 3.05) is 20.2 Å². The van der Waals surface area contributed by atoms with Gasteiger partial charge in [-0.2, -0.15) is 8.78 Å². The highest BCUT2D eigenvalue weighted by Gasteiger charge is 2.16. The number of alkyl halides is 2. The minimum atomic E-state index is -2.98. The molecular formula is C21H26F2N4O3. The van der Waals surface area contributed by atoms with Crippen molar-refractivity contribution < 1.29 is 23.0 Å². The minimum Gasteiger partial charge on any atom is -0.490 e. The van der Waals surface area contributed by atoms with E-state index < -0.39 is 6.61 Å². The predicted octanol–water partition coefficient (Wildman–Crippen LogP) is 2.67. The summed E-state index contributed by atoms with van der Waals surface area (Å²) in [4.78, 5) is 16.1. The number of para-hydroxylation sites is 1. The third-order valence-corrected chi connectivity index (χ3v) is 3.99. The number of hydrogen-bond donors (Lipinski definition) is 3. The Bertz CT molecular complexity index is 832. The van der Waals surface area contributed by atoms with Gasteiger partial charge in [-0.05, 0) is 18.6 Å². The zero-order chi connectivity index (χ0) is 21.8. The van der Waals surface area contributed by atoms with E-state index in [-0.39, 0.29) is 30.5 Å². The number of amides is 1. The zero-order valence-corrected chi connectivity index (χ0v) is 17.0. The Morgan fingerprint density at radius 2 is 1.80 bits per heavy atom. The molecule has 9 heteroatoms. The van der Waals surface area contributed by atoms with Gasteiger partial charge in [-0.1, -0.05) is 42.5 Å². The van der Waals surface area contributed by atoms with Crippen molar-refractivity contribution in [1.29, 1.82) is 0 Å². The average Bonchev–Trinajstić information content (AvgIpc) is 2.74. The number of nitrogens with zero attached hydrogens (tertiary/aromatic N) is 1. The predicted molar refractivity (Wildman–Crippen MR) is 111 cm³/mol. The number of ether oxygens (including phenoxy) is 2. The number of rotatable bonds is 10. The van der Waals surface area contributed by atoms with Gasteiger partial charge in [-0.25, -0.2) is 0 Å². The van der Waals surface area contributed by atoms with E-state index in [1.807, 2.05) is 30.3 Å². The molecule has 0 atom stereocenters. The summed E-state index contributed by atoms with van der Waals surface area (Å²) in [6, 6.07) is 14.4. The molecule has 3 N–H and O–H groups in total. The molecule has 162 valence electrons. The standard InChI is InChI=1S/C21H26F2N4O3/c1-3-29-17-11-7-10-16(19(17)30-20(22)23)13-26-21(24-2)27-14-18(28)25-12-15-8-5-4-6-9-15/h4-11,20H,3,12-14H2,1-2H3,(H,25,28)(H2,24,26,27). The van der Waals surface area contributed by atoms with Crippen molar-refractivity contribution in [3.8, 4) is 11.5 Å². The summed E-state index contributed by atoms with van der Waals surface area (Å²) in [7, 11) is 1.55. The van der Waals surface area contributed by atoms with Crippen LogP contribution in [0, 0.1) is 0 Å². The molecule has 1 amide bonds. The van der Waals surface area contributed by atoms with Crippen molar-refractivity contribution in [2.45, 2.75) is 26.6 Å². The summed E-state index contributed by atoms with van der Waals surface area (Å²) in [6.07, 6.45) is 0. The van der Waals surface area contributed by atoms with Crippen molar-refractivity contribution in [1.82, 2.24) is 16.0 Å². The van der Waals surface area contributed by atoms with Gasteiger partial charge in [0, 0.05) is 25.7 Å². The fourth-order valence-electron chi connectivity index (χ4n) is 2.62. The number of carbonyl (C=O) groups is 1. The molecule has 0 spiro atoms. The minimum absolute atomic E-state index is 0.00584. The zero-order valence-electron chi connectivity index (χ0n) is 17.0. The van der Waals surface area contributed by atoms with Crippen molar-refractivity contribution in [2.24, 2.45) is 4.99 Å². The second-order valence-corrected chi connectivity index (χ2v) is 6.10. The van der Waals surface area contributed by atoms with Gasteiger partial charge in [-0.15, -0.1) is 0 Å². The highest BCUT2D eigenvalue weighted by atomic mass is 19.3. The summed E-state index contributed by atoms with van der Waals surface area (Å²) < 4.78 is 35.6. The van der Waals surface area contributed by atoms with E-state index >= 15 is 0 Å². The molecule has 2 aromatic rings. The topological polar surface area (TPSA) is 84.0 Å². The summed E-state index contributed by atoms with van der Waals surface area (Å²) in [6.45, 7) is -0.327. The number of benzene rings is 2. The summed E-state index contributed by atoms with van der Waals surface area (Å²) in [5.41, 5.74) is 1.46. The van der Waals surface area contributed by atoms with E-state index in [0.29, 0.717) is 24.7 Å². The number of carbonyl (C=O) groups excluding carboxylic acids is 1. The molecule has 2 aromatic carbocycles. The summed E-state index contributed by atoms with van der Waals surface area (Å²) >= 11 is 0. The first-order valence-electron chi connectivity index (χ1n) is 9.48. The lowest BCUT2D eigenvalue weighted by Crippen LogP contribution is -2.42. The molecule has 0 saturated carbocycles. The number of halogens is 2. The third kappa shape index (κ3) is 7.57. The van der Waals surface area contributed by atoms with Crippen molar-refractivity contribution >= 4 is 11.9 Å². The molecule has 0 saturated heterocycles. The molecule has 0 radical (unpaired) electrons. The highest BCUT2D eigenvalue weighted by Crippen LogP contribution is 2.32. The van der Waals surface area contributed by atoms with E-state index in [4.69, 9.17) is 4.74 Å². The molecule has 0 bridgehead atoms. The number of nitrogens with one attached hydrogen (secondary N) is 3. The number of aliphatic imine (C=N–C) groups is 1. The van der Waals surface area contributed by atoms with Crippen LogP contribution in [0.5, 0.6) is 11.5 Å². The van der Waals surface area contributed by atoms with Crippen LogP contribution in [0.3, 0.4) is 0 Å². The monoisotopic (exact) mass is 420 g/mol. The molecule has 0 fully saturated rings. The van der Waals surface area contributed by atoms with Gasteiger partial charge in [0.05, 0.1) is 13.2 Å². The molecule has 0 aliphatic heterocycles. The SMILES string of the molecule is CCOc1cccc(CNC(=NC)NCC(=O)NCc2ccccc2)c1OC(F)F. The first-order valence-corrected chi connectivity index (χ1v) is 9.48. The third-order valence-electron chi connectivity index (χ3n) is 3.99. The van der Waals surface area contributed by atoms with E-state index in [1.165, 1.54) is 0 Å². The van der Waals surface area contributed by atoms with Gasteiger partial charge in [0.1, 0.15) is 0 Å². The van der Waals surface area contributed by atoms with Crippen LogP contribution in [0.15, 0.2) is 53.5 Å². The van der Waals surface area contributed by atoms with E-state index in [0.717, 1.165) is 5.56 Å². The van der Waals surface area contributed by atoms with Crippen LogP contribution >= 0.6 is 0 Å². The Morgan fingerprint density at radius 3 is 2.47 bits per heavy atom. The van der Waals surface area contributed by atoms with Gasteiger partial charge in [0.25, 0.3) is 0 Å². The normalized spacial score (nSPS) is 11.2. The largest absolute Gasteiger partial charge is 0.490 e. The van der Waals surface area contributed by atoms with Gasteiger partial charge >= 0.3 is 6.61 Å². The highest BCUT2D eigenvalue weighted by molar-refractivity contribution is 5.86. The first kappa shape index (κ1) is 22.9. The molecular weight excluding hydrogens is 394 g/mol. The Balaban J connectivity index is 1.89. The Labute approximate surface area is 174 Å². The molecule has 0 aliphatic carbocycles. The first-order chi connectivity index (χ1) is 14.5. The van der Waals surface area contributed by atoms with Crippen molar-refractivity contribution in [3.05, 3.63) is 59.7 Å². The maximum absolute atomic E-state index is 12.8. The molecule has 0 aromatic heterocycles. The van der Waals surface area contributed by atoms with Crippen molar-refractivity contribution in [3.63, 3.8) is 0 Å². The smallest absolute Gasteiger partial charge is 0.387 e. The molecule has 0 heterocycles. The average molecular weight is 420 g/mol. The van der Waals surface area contributed by atoms with Crippen LogP contribution in [-0.4, -0.2) is 38.7 Å². The van der Waals surface area contributed by atoms with E-state index in [1.54, 1.807) is 32.2 Å². The Hall–Kier alpha value is -3.36. The van der Waals surface area contributed by atoms with E-state index in [9.17, 15) is 13.6 Å². The second-order valence-electron chi connectivity index (χ2n) is 6.10. The lowest BCUT2D eigenvalue weighted by atomic mass is 10.2. The Kier molecular flexibility index (Phi) is 9.36. The number of hydrogen-bond acceptors (Lipinski definition) is 4. The molecule has 30 heavy (non-hydrogen) atoms. The molecule has 2 rings (SSSR count). The quantitative estimate of drug-likeness (QED) is 0.407. The lowest BCUT2D eigenvalue weighted by Gasteiger charge is -2.17. The summed E-state index contributed by atoms with van der Waals surface area (Å²) in [5.74, 6) is 0.342. The molecule has 0 unspecified atom stereocenters. The van der Waals surface area contributed by atoms with Gasteiger partial charge in [0.2, 0.25) is 5.91 Å². The van der Waals surface area contributed by atoms with E-state index in [2.05, 4.69) is 25.7 Å².